The van der Waals surface area contributed by atoms with Crippen LogP contribution in [0.4, 0.5) is 0 Å². The number of ether oxygens (including phenoxy) is 1. The monoisotopic (exact) mass is 281 g/mol. The second-order valence-electron chi connectivity index (χ2n) is 5.88. The molecule has 21 heavy (non-hydrogen) atoms. The Bertz CT molecular complexity index is 653. The first-order chi connectivity index (χ1) is 10.0. The van der Waals surface area contributed by atoms with Crippen LogP contribution >= 0.6 is 0 Å². The molecule has 0 radical (unpaired) electrons. The molecule has 4 nitrogen and oxygen atoms in total. The molecule has 0 bridgehead atoms. The summed E-state index contributed by atoms with van der Waals surface area (Å²) in [5.41, 5.74) is 10.6. The average molecular weight is 281 g/mol. The highest BCUT2D eigenvalue weighted by Gasteiger charge is 2.16. The molecule has 4 heteroatoms. The normalized spacial score (nSPS) is 10.8. The molecule has 0 saturated heterocycles. The van der Waals surface area contributed by atoms with Crippen molar-refractivity contribution in [3.8, 4) is 11.5 Å². The van der Waals surface area contributed by atoms with E-state index >= 15 is 0 Å². The molecule has 0 heterocycles. The van der Waals surface area contributed by atoms with Crippen LogP contribution in [0.5, 0.6) is 11.5 Å². The summed E-state index contributed by atoms with van der Waals surface area (Å²) in [6.07, 6.45) is 0. The van der Waals surface area contributed by atoms with Crippen LogP contribution < -0.4 is 4.74 Å². The van der Waals surface area contributed by atoms with Gasteiger partial charge in [-0.3, -0.25) is 0 Å². The first-order valence-corrected chi connectivity index (χ1v) is 6.88. The molecule has 0 fully saturated rings. The van der Waals surface area contributed by atoms with E-state index in [1.54, 1.807) is 0 Å². The van der Waals surface area contributed by atoms with Gasteiger partial charge >= 0.3 is 0 Å². The largest absolute Gasteiger partial charge is 0.457 e. The zero-order valence-electron chi connectivity index (χ0n) is 12.6. The van der Waals surface area contributed by atoms with Crippen molar-refractivity contribution in [3.63, 3.8) is 0 Å². The maximum Gasteiger partial charge on any atom is 0.131 e. The van der Waals surface area contributed by atoms with Gasteiger partial charge in [0.25, 0.3) is 0 Å². The smallest absolute Gasteiger partial charge is 0.131 e. The summed E-state index contributed by atoms with van der Waals surface area (Å²) in [5.74, 6) is 1.51. The zero-order chi connectivity index (χ0) is 15.3. The van der Waals surface area contributed by atoms with Crippen LogP contribution in [0.2, 0.25) is 0 Å². The Balaban J connectivity index is 2.40. The first-order valence-electron chi connectivity index (χ1n) is 6.88. The lowest BCUT2D eigenvalue weighted by Gasteiger charge is -2.21. The van der Waals surface area contributed by atoms with Crippen LogP contribution in [0.1, 0.15) is 31.9 Å². The highest BCUT2D eigenvalue weighted by atomic mass is 16.5. The first kappa shape index (κ1) is 14.9. The Morgan fingerprint density at radius 3 is 2.43 bits per heavy atom. The summed E-state index contributed by atoms with van der Waals surface area (Å²) < 4.78 is 5.96. The highest BCUT2D eigenvalue weighted by Crippen LogP contribution is 2.32. The summed E-state index contributed by atoms with van der Waals surface area (Å²) >= 11 is 0. The fraction of sp³-hybridized carbons (Fsp3) is 0.294. The summed E-state index contributed by atoms with van der Waals surface area (Å²) in [7, 11) is 0. The minimum absolute atomic E-state index is 0.0336. The van der Waals surface area contributed by atoms with Gasteiger partial charge in [-0.05, 0) is 34.7 Å². The van der Waals surface area contributed by atoms with E-state index in [1.807, 2.05) is 42.5 Å². The van der Waals surface area contributed by atoms with E-state index in [9.17, 15) is 0 Å². The Labute approximate surface area is 125 Å². The minimum Gasteiger partial charge on any atom is -0.457 e. The van der Waals surface area contributed by atoms with Gasteiger partial charge in [0.15, 0.2) is 0 Å². The number of para-hydroxylation sites is 1. The van der Waals surface area contributed by atoms with E-state index in [-0.39, 0.29) is 12.0 Å². The fourth-order valence-electron chi connectivity index (χ4n) is 1.97. The number of hydrogen-bond donors (Lipinski definition) is 0. The summed E-state index contributed by atoms with van der Waals surface area (Å²) in [6.45, 7) is 6.74. The molecule has 0 saturated carbocycles. The van der Waals surface area contributed by atoms with Gasteiger partial charge in [0.1, 0.15) is 11.5 Å². The molecule has 0 aliphatic carbocycles. The maximum absolute atomic E-state index is 8.51. The highest BCUT2D eigenvalue weighted by molar-refractivity contribution is 5.42. The molecule has 2 aromatic rings. The Morgan fingerprint density at radius 1 is 1.10 bits per heavy atom. The van der Waals surface area contributed by atoms with Gasteiger partial charge in [0.2, 0.25) is 0 Å². The van der Waals surface area contributed by atoms with Crippen molar-refractivity contribution in [2.45, 2.75) is 32.7 Å². The van der Waals surface area contributed by atoms with Gasteiger partial charge in [-0.25, -0.2) is 0 Å². The van der Waals surface area contributed by atoms with E-state index in [0.29, 0.717) is 0 Å². The average Bonchev–Trinajstić information content (AvgIpc) is 2.46. The quantitative estimate of drug-likeness (QED) is 0.409. The predicted molar refractivity (Wildman–Crippen MR) is 84.5 cm³/mol. The molecule has 2 aromatic carbocycles. The van der Waals surface area contributed by atoms with Crippen molar-refractivity contribution in [3.05, 3.63) is 70.1 Å². The topological polar surface area (TPSA) is 58.0 Å². The van der Waals surface area contributed by atoms with Gasteiger partial charge in [0, 0.05) is 10.5 Å². The van der Waals surface area contributed by atoms with E-state index in [0.717, 1.165) is 17.1 Å². The lowest BCUT2D eigenvalue weighted by Crippen LogP contribution is -2.11. The molecular formula is C17H19N3O. The number of azide groups is 1. The molecule has 108 valence electrons. The van der Waals surface area contributed by atoms with E-state index in [4.69, 9.17) is 10.3 Å². The zero-order valence-corrected chi connectivity index (χ0v) is 12.6. The number of hydrogen-bond acceptors (Lipinski definition) is 2. The lowest BCUT2D eigenvalue weighted by atomic mass is 9.86. The second-order valence-corrected chi connectivity index (χ2v) is 5.88. The molecule has 0 aliphatic rings. The van der Waals surface area contributed by atoms with Crippen molar-refractivity contribution in [1.29, 1.82) is 0 Å². The summed E-state index contributed by atoms with van der Waals surface area (Å²) in [4.78, 5) is 2.82. The lowest BCUT2D eigenvalue weighted by molar-refractivity contribution is 0.472. The van der Waals surface area contributed by atoms with E-state index in [1.165, 1.54) is 5.56 Å². The number of benzene rings is 2. The van der Waals surface area contributed by atoms with Crippen molar-refractivity contribution in [2.75, 3.05) is 0 Å². The minimum atomic E-state index is 0.0336. The molecule has 0 N–H and O–H groups in total. The standard InChI is InChI=1S/C17H19N3O/c1-17(2,3)14-10-9-13(12-19-20-18)16(11-14)21-15-7-5-4-6-8-15/h4-11H,12H2,1-3H3. The molecule has 0 unspecified atom stereocenters. The van der Waals surface area contributed by atoms with Gasteiger partial charge in [-0.1, -0.05) is 56.2 Å². The third-order valence-corrected chi connectivity index (χ3v) is 3.21. The summed E-state index contributed by atoms with van der Waals surface area (Å²) in [6, 6.07) is 15.6. The van der Waals surface area contributed by atoms with Crippen LogP contribution in [0.25, 0.3) is 10.4 Å². The molecule has 0 spiro atoms. The molecule has 0 amide bonds. The fourth-order valence-corrected chi connectivity index (χ4v) is 1.97. The van der Waals surface area contributed by atoms with Gasteiger partial charge in [0.05, 0.1) is 6.54 Å². The number of rotatable bonds is 4. The van der Waals surface area contributed by atoms with E-state index < -0.39 is 0 Å². The van der Waals surface area contributed by atoms with Crippen LogP contribution in [0.15, 0.2) is 53.6 Å². The predicted octanol–water partition coefficient (Wildman–Crippen LogP) is 5.59. The van der Waals surface area contributed by atoms with Crippen LogP contribution in [-0.2, 0) is 12.0 Å². The maximum atomic E-state index is 8.51. The molecule has 0 aromatic heterocycles. The molecule has 0 atom stereocenters. The van der Waals surface area contributed by atoms with Crippen LogP contribution in [0.3, 0.4) is 0 Å². The molecule has 0 aliphatic heterocycles. The second kappa shape index (κ2) is 6.33. The Hall–Kier alpha value is -2.45. The SMILES string of the molecule is CC(C)(C)c1ccc(CN=[N+]=[N-])c(Oc2ccccc2)c1. The van der Waals surface area contributed by atoms with Crippen LogP contribution in [-0.4, -0.2) is 0 Å². The third-order valence-electron chi connectivity index (χ3n) is 3.21. The van der Waals surface area contributed by atoms with E-state index in [2.05, 4.69) is 36.9 Å². The van der Waals surface area contributed by atoms with Gasteiger partial charge in [-0.15, -0.1) is 0 Å². The number of nitrogens with zero attached hydrogens (tertiary/aromatic N) is 3. The third kappa shape index (κ3) is 4.01. The van der Waals surface area contributed by atoms with Crippen molar-refractivity contribution in [1.82, 2.24) is 0 Å². The van der Waals surface area contributed by atoms with Gasteiger partial charge in [-0.2, -0.15) is 0 Å². The van der Waals surface area contributed by atoms with Crippen molar-refractivity contribution < 1.29 is 4.74 Å². The van der Waals surface area contributed by atoms with Gasteiger partial charge < -0.3 is 4.74 Å². The summed E-state index contributed by atoms with van der Waals surface area (Å²) in [5, 5.41) is 3.64. The van der Waals surface area contributed by atoms with Crippen LogP contribution in [0, 0.1) is 0 Å². The van der Waals surface area contributed by atoms with Crippen molar-refractivity contribution >= 4 is 0 Å². The molecule has 2 rings (SSSR count). The van der Waals surface area contributed by atoms with Crippen molar-refractivity contribution in [2.24, 2.45) is 5.11 Å². The molecular weight excluding hydrogens is 262 g/mol. The Morgan fingerprint density at radius 2 is 1.81 bits per heavy atom. The Kier molecular flexibility index (Phi) is 4.51.